The Kier molecular flexibility index (Phi) is 2.79. The summed E-state index contributed by atoms with van der Waals surface area (Å²) in [6, 6.07) is 0. The van der Waals surface area contributed by atoms with Gasteiger partial charge in [-0.2, -0.15) is 0 Å². The molecule has 0 aliphatic carbocycles. The Hall–Kier alpha value is -1.65. The van der Waals surface area contributed by atoms with Crippen LogP contribution < -0.4 is 10.2 Å². The van der Waals surface area contributed by atoms with Crippen molar-refractivity contribution in [1.29, 1.82) is 0 Å². The minimum absolute atomic E-state index is 0.176. The Bertz CT molecular complexity index is 294. The molecule has 0 aliphatic rings. The fourth-order valence-corrected chi connectivity index (χ4v) is 0.814. The molecule has 0 spiro atoms. The molecule has 0 fully saturated rings. The van der Waals surface area contributed by atoms with Gasteiger partial charge in [-0.15, -0.1) is 0 Å². The molecule has 0 unspecified atom stereocenters. The number of carbonyl (C=O) groups excluding carboxylic acids is 1. The Morgan fingerprint density at radius 1 is 1.38 bits per heavy atom. The highest BCUT2D eigenvalue weighted by Crippen LogP contribution is 2.02. The summed E-state index contributed by atoms with van der Waals surface area (Å²) in [5.41, 5.74) is 0.466. The van der Waals surface area contributed by atoms with Crippen molar-refractivity contribution < 1.29 is 4.79 Å². The SMILES string of the molecule is CNC(=O)c1cnc(N(C)C)nc1. The number of carbonyl (C=O) groups is 1. The third-order valence-electron chi connectivity index (χ3n) is 1.53. The normalized spacial score (nSPS) is 9.46. The molecule has 1 heterocycles. The van der Waals surface area contributed by atoms with Crippen LogP contribution in [-0.4, -0.2) is 37.0 Å². The second kappa shape index (κ2) is 3.84. The smallest absolute Gasteiger partial charge is 0.254 e. The molecule has 1 amide bonds. The summed E-state index contributed by atoms with van der Waals surface area (Å²) < 4.78 is 0. The number of anilines is 1. The highest BCUT2D eigenvalue weighted by Gasteiger charge is 2.04. The summed E-state index contributed by atoms with van der Waals surface area (Å²) in [5.74, 6) is 0.415. The molecule has 0 aliphatic heterocycles. The van der Waals surface area contributed by atoms with Gasteiger partial charge in [-0.25, -0.2) is 9.97 Å². The zero-order valence-electron chi connectivity index (χ0n) is 7.90. The minimum Gasteiger partial charge on any atom is -0.355 e. The van der Waals surface area contributed by atoms with Crippen LogP contribution in [0.15, 0.2) is 12.4 Å². The van der Waals surface area contributed by atoms with Crippen LogP contribution in [0.1, 0.15) is 10.4 Å². The minimum atomic E-state index is -0.176. The molecular weight excluding hydrogens is 168 g/mol. The van der Waals surface area contributed by atoms with Crippen LogP contribution in [0.2, 0.25) is 0 Å². The number of nitrogens with one attached hydrogen (secondary N) is 1. The maximum atomic E-state index is 11.1. The lowest BCUT2D eigenvalue weighted by molar-refractivity contribution is 0.0962. The Morgan fingerprint density at radius 2 is 1.92 bits per heavy atom. The molecule has 0 aromatic carbocycles. The number of rotatable bonds is 2. The van der Waals surface area contributed by atoms with Crippen molar-refractivity contribution in [2.75, 3.05) is 26.0 Å². The van der Waals surface area contributed by atoms with Gasteiger partial charge in [-0.1, -0.05) is 0 Å². The van der Waals surface area contributed by atoms with Gasteiger partial charge < -0.3 is 10.2 Å². The van der Waals surface area contributed by atoms with Crippen molar-refractivity contribution in [2.24, 2.45) is 0 Å². The summed E-state index contributed by atoms with van der Waals surface area (Å²) in [5, 5.41) is 2.50. The van der Waals surface area contributed by atoms with Gasteiger partial charge in [0.25, 0.3) is 5.91 Å². The van der Waals surface area contributed by atoms with Crippen molar-refractivity contribution in [3.63, 3.8) is 0 Å². The fourth-order valence-electron chi connectivity index (χ4n) is 0.814. The number of hydrogen-bond donors (Lipinski definition) is 1. The van der Waals surface area contributed by atoms with Gasteiger partial charge in [0.1, 0.15) is 0 Å². The van der Waals surface area contributed by atoms with E-state index in [0.717, 1.165) is 0 Å². The second-order valence-corrected chi connectivity index (χ2v) is 2.75. The fraction of sp³-hybridized carbons (Fsp3) is 0.375. The third-order valence-corrected chi connectivity index (χ3v) is 1.53. The van der Waals surface area contributed by atoms with E-state index >= 15 is 0 Å². The first-order valence-electron chi connectivity index (χ1n) is 3.86. The molecule has 1 aromatic heterocycles. The zero-order chi connectivity index (χ0) is 9.84. The predicted octanol–water partition coefficient (Wildman–Crippen LogP) is -0.0978. The molecule has 13 heavy (non-hydrogen) atoms. The van der Waals surface area contributed by atoms with Gasteiger partial charge in [-0.05, 0) is 0 Å². The van der Waals surface area contributed by atoms with Crippen molar-refractivity contribution in [2.45, 2.75) is 0 Å². The van der Waals surface area contributed by atoms with Crippen LogP contribution in [0.3, 0.4) is 0 Å². The average molecular weight is 180 g/mol. The lowest BCUT2D eigenvalue weighted by Crippen LogP contribution is -2.19. The quantitative estimate of drug-likeness (QED) is 0.690. The van der Waals surface area contributed by atoms with Crippen molar-refractivity contribution >= 4 is 11.9 Å². The second-order valence-electron chi connectivity index (χ2n) is 2.75. The Balaban J connectivity index is 2.87. The van der Waals surface area contributed by atoms with E-state index in [9.17, 15) is 4.79 Å². The third kappa shape index (κ3) is 2.14. The summed E-state index contributed by atoms with van der Waals surface area (Å²) in [7, 11) is 5.26. The lowest BCUT2D eigenvalue weighted by Gasteiger charge is -2.08. The van der Waals surface area contributed by atoms with E-state index in [1.54, 1.807) is 11.9 Å². The number of aromatic nitrogens is 2. The topological polar surface area (TPSA) is 58.1 Å². The van der Waals surface area contributed by atoms with Crippen LogP contribution in [0, 0.1) is 0 Å². The standard InChI is InChI=1S/C8H12N4O/c1-9-7(13)6-4-10-8(11-5-6)12(2)3/h4-5H,1-3H3,(H,9,13). The number of nitrogens with zero attached hydrogens (tertiary/aromatic N) is 3. The molecule has 0 atom stereocenters. The van der Waals surface area contributed by atoms with Crippen LogP contribution in [0.4, 0.5) is 5.95 Å². The van der Waals surface area contributed by atoms with Crippen molar-refractivity contribution in [1.82, 2.24) is 15.3 Å². The van der Waals surface area contributed by atoms with Gasteiger partial charge in [0, 0.05) is 33.5 Å². The maximum Gasteiger partial charge on any atom is 0.254 e. The molecule has 5 nitrogen and oxygen atoms in total. The molecule has 0 radical (unpaired) electrons. The molecule has 0 saturated carbocycles. The van der Waals surface area contributed by atoms with E-state index < -0.39 is 0 Å². The van der Waals surface area contributed by atoms with Crippen LogP contribution in [0.25, 0.3) is 0 Å². The lowest BCUT2D eigenvalue weighted by atomic mass is 10.3. The van der Waals surface area contributed by atoms with E-state index in [4.69, 9.17) is 0 Å². The first-order chi connectivity index (χ1) is 6.15. The maximum absolute atomic E-state index is 11.1. The van der Waals surface area contributed by atoms with Crippen molar-refractivity contribution in [3.8, 4) is 0 Å². The predicted molar refractivity (Wildman–Crippen MR) is 49.7 cm³/mol. The van der Waals surface area contributed by atoms with E-state index in [1.807, 2.05) is 14.1 Å². The van der Waals surface area contributed by atoms with E-state index in [1.165, 1.54) is 12.4 Å². The molecule has 1 N–H and O–H groups in total. The first-order valence-corrected chi connectivity index (χ1v) is 3.86. The Morgan fingerprint density at radius 3 is 2.31 bits per heavy atom. The van der Waals surface area contributed by atoms with Gasteiger partial charge in [-0.3, -0.25) is 4.79 Å². The highest BCUT2D eigenvalue weighted by atomic mass is 16.1. The molecule has 70 valence electrons. The van der Waals surface area contributed by atoms with E-state index in [2.05, 4.69) is 15.3 Å². The van der Waals surface area contributed by atoms with Gasteiger partial charge >= 0.3 is 0 Å². The summed E-state index contributed by atoms with van der Waals surface area (Å²) in [4.78, 5) is 20.9. The Labute approximate surface area is 76.8 Å². The van der Waals surface area contributed by atoms with Crippen molar-refractivity contribution in [3.05, 3.63) is 18.0 Å². The van der Waals surface area contributed by atoms with Gasteiger partial charge in [0.15, 0.2) is 0 Å². The largest absolute Gasteiger partial charge is 0.355 e. The highest BCUT2D eigenvalue weighted by molar-refractivity contribution is 5.93. The van der Waals surface area contributed by atoms with E-state index in [0.29, 0.717) is 11.5 Å². The summed E-state index contributed by atoms with van der Waals surface area (Å²) in [6.45, 7) is 0. The molecule has 0 saturated heterocycles. The molecule has 1 rings (SSSR count). The molecule has 0 bridgehead atoms. The molecule has 1 aromatic rings. The van der Waals surface area contributed by atoms with Crippen LogP contribution in [0.5, 0.6) is 0 Å². The van der Waals surface area contributed by atoms with E-state index in [-0.39, 0.29) is 5.91 Å². The average Bonchev–Trinajstić information content (AvgIpc) is 2.17. The summed E-state index contributed by atoms with van der Waals surface area (Å²) in [6.07, 6.45) is 3.00. The number of amides is 1. The van der Waals surface area contributed by atoms with Gasteiger partial charge in [0.05, 0.1) is 5.56 Å². The van der Waals surface area contributed by atoms with Gasteiger partial charge in [0.2, 0.25) is 5.95 Å². The van der Waals surface area contributed by atoms with Crippen LogP contribution >= 0.6 is 0 Å². The summed E-state index contributed by atoms with van der Waals surface area (Å²) >= 11 is 0. The number of hydrogen-bond acceptors (Lipinski definition) is 4. The monoisotopic (exact) mass is 180 g/mol. The first kappa shape index (κ1) is 9.44. The van der Waals surface area contributed by atoms with Crippen LogP contribution in [-0.2, 0) is 0 Å². The molecule has 5 heteroatoms. The molecular formula is C8H12N4O. The zero-order valence-corrected chi connectivity index (χ0v) is 7.90.